The largest absolute Gasteiger partial charge is 0.494 e. The fourth-order valence-electron chi connectivity index (χ4n) is 2.51. The number of methoxy groups -OCH3 is 1. The molecular weight excluding hydrogens is 378 g/mol. The number of benzene rings is 2. The highest BCUT2D eigenvalue weighted by molar-refractivity contribution is 8.00. The summed E-state index contributed by atoms with van der Waals surface area (Å²) in [6.07, 6.45) is 0. The van der Waals surface area contributed by atoms with Crippen molar-refractivity contribution in [3.8, 4) is 17.2 Å². The smallest absolute Gasteiger partial charge is 0.237 e. The van der Waals surface area contributed by atoms with E-state index in [1.54, 1.807) is 24.8 Å². The van der Waals surface area contributed by atoms with Crippen LogP contribution < -0.4 is 14.8 Å². The van der Waals surface area contributed by atoms with Gasteiger partial charge in [0.25, 0.3) is 0 Å². The number of tetrazole rings is 1. The van der Waals surface area contributed by atoms with E-state index in [-0.39, 0.29) is 5.91 Å². The second-order valence-electron chi connectivity index (χ2n) is 5.72. The lowest BCUT2D eigenvalue weighted by molar-refractivity contribution is -0.115. The van der Waals surface area contributed by atoms with Gasteiger partial charge in [0.05, 0.1) is 24.7 Å². The van der Waals surface area contributed by atoms with Crippen LogP contribution in [0.5, 0.6) is 11.5 Å². The Morgan fingerprint density at radius 2 is 1.89 bits per heavy atom. The quantitative estimate of drug-likeness (QED) is 0.582. The molecule has 0 aliphatic carbocycles. The number of thioether (sulfide) groups is 1. The van der Waals surface area contributed by atoms with Crippen molar-refractivity contribution in [1.29, 1.82) is 0 Å². The van der Waals surface area contributed by atoms with Gasteiger partial charge in [0.2, 0.25) is 11.1 Å². The van der Waals surface area contributed by atoms with Gasteiger partial charge in [-0.15, -0.1) is 5.10 Å². The number of amides is 1. The van der Waals surface area contributed by atoms with Gasteiger partial charge in [-0.1, -0.05) is 36.0 Å². The molecule has 0 saturated carbocycles. The second-order valence-corrected chi connectivity index (χ2v) is 7.03. The van der Waals surface area contributed by atoms with E-state index >= 15 is 0 Å². The van der Waals surface area contributed by atoms with Gasteiger partial charge in [0.1, 0.15) is 17.2 Å². The minimum Gasteiger partial charge on any atom is -0.494 e. The third kappa shape index (κ3) is 4.42. The molecule has 28 heavy (non-hydrogen) atoms. The highest BCUT2D eigenvalue weighted by atomic mass is 32.2. The third-order valence-corrected chi connectivity index (χ3v) is 4.88. The summed E-state index contributed by atoms with van der Waals surface area (Å²) in [6, 6.07) is 14.7. The summed E-state index contributed by atoms with van der Waals surface area (Å²) in [7, 11) is 1.59. The number of anilines is 1. The molecule has 0 bridgehead atoms. The van der Waals surface area contributed by atoms with Gasteiger partial charge < -0.3 is 14.8 Å². The van der Waals surface area contributed by atoms with Crippen molar-refractivity contribution in [3.63, 3.8) is 0 Å². The Morgan fingerprint density at radius 3 is 2.64 bits per heavy atom. The molecule has 0 aliphatic rings. The van der Waals surface area contributed by atoms with Crippen molar-refractivity contribution in [2.24, 2.45) is 0 Å². The topological polar surface area (TPSA) is 91.2 Å². The summed E-state index contributed by atoms with van der Waals surface area (Å²) in [4.78, 5) is 12.7. The van der Waals surface area contributed by atoms with Crippen LogP contribution in [0.2, 0.25) is 0 Å². The zero-order valence-corrected chi connectivity index (χ0v) is 16.6. The molecule has 1 N–H and O–H groups in total. The fraction of sp³-hybridized carbons (Fsp3) is 0.263. The molecule has 0 aliphatic heterocycles. The molecule has 146 valence electrons. The van der Waals surface area contributed by atoms with E-state index in [4.69, 9.17) is 9.47 Å². The third-order valence-electron chi connectivity index (χ3n) is 3.85. The van der Waals surface area contributed by atoms with E-state index in [1.165, 1.54) is 11.8 Å². The molecule has 0 spiro atoms. The van der Waals surface area contributed by atoms with Crippen molar-refractivity contribution in [2.45, 2.75) is 24.3 Å². The molecule has 1 amide bonds. The number of ether oxygens (including phenoxy) is 2. The van der Waals surface area contributed by atoms with Crippen LogP contribution in [0.25, 0.3) is 5.69 Å². The van der Waals surface area contributed by atoms with E-state index in [2.05, 4.69) is 20.8 Å². The summed E-state index contributed by atoms with van der Waals surface area (Å²) in [5.74, 6) is 1.10. The second kappa shape index (κ2) is 9.23. The van der Waals surface area contributed by atoms with Gasteiger partial charge >= 0.3 is 0 Å². The van der Waals surface area contributed by atoms with Crippen LogP contribution in [-0.4, -0.2) is 45.1 Å². The fourth-order valence-corrected chi connectivity index (χ4v) is 3.31. The van der Waals surface area contributed by atoms with Crippen LogP contribution in [0.15, 0.2) is 53.7 Å². The summed E-state index contributed by atoms with van der Waals surface area (Å²) in [5, 5.41) is 14.8. The average Bonchev–Trinajstić information content (AvgIpc) is 3.17. The Hall–Kier alpha value is -3.07. The van der Waals surface area contributed by atoms with E-state index in [9.17, 15) is 4.79 Å². The highest BCUT2D eigenvalue weighted by Crippen LogP contribution is 2.29. The van der Waals surface area contributed by atoms with Crippen LogP contribution in [-0.2, 0) is 4.79 Å². The lowest BCUT2D eigenvalue weighted by Gasteiger charge is -2.15. The number of hydrogen-bond donors (Lipinski definition) is 1. The monoisotopic (exact) mass is 399 g/mol. The molecule has 2 aromatic carbocycles. The van der Waals surface area contributed by atoms with Gasteiger partial charge in [0, 0.05) is 0 Å². The predicted molar refractivity (Wildman–Crippen MR) is 107 cm³/mol. The van der Waals surface area contributed by atoms with E-state index in [0.717, 1.165) is 0 Å². The van der Waals surface area contributed by atoms with Crippen LogP contribution in [0.4, 0.5) is 5.69 Å². The molecule has 1 heterocycles. The van der Waals surface area contributed by atoms with Gasteiger partial charge in [-0.05, 0) is 48.5 Å². The number of nitrogens with one attached hydrogen (secondary N) is 1. The SMILES string of the molecule is CCOc1ccccc1NC(=O)C(C)Sc1nnnn1-c1ccccc1OC. The number of hydrogen-bond acceptors (Lipinski definition) is 7. The number of carbonyl (C=O) groups excluding carboxylic acids is 1. The molecule has 1 atom stereocenters. The van der Waals surface area contributed by atoms with Crippen LogP contribution in [0, 0.1) is 0 Å². The minimum absolute atomic E-state index is 0.174. The van der Waals surface area contributed by atoms with Crippen molar-refractivity contribution in [1.82, 2.24) is 20.2 Å². The number of para-hydroxylation sites is 4. The highest BCUT2D eigenvalue weighted by Gasteiger charge is 2.21. The first-order valence-electron chi connectivity index (χ1n) is 8.75. The van der Waals surface area contributed by atoms with Crippen LogP contribution in [0.3, 0.4) is 0 Å². The van der Waals surface area contributed by atoms with E-state index in [1.807, 2.05) is 49.4 Å². The molecule has 1 aromatic heterocycles. The molecule has 0 saturated heterocycles. The summed E-state index contributed by atoms with van der Waals surface area (Å²) in [5.41, 5.74) is 1.33. The first-order chi connectivity index (χ1) is 13.6. The van der Waals surface area contributed by atoms with Crippen molar-refractivity contribution < 1.29 is 14.3 Å². The zero-order valence-electron chi connectivity index (χ0n) is 15.8. The van der Waals surface area contributed by atoms with Crippen molar-refractivity contribution in [3.05, 3.63) is 48.5 Å². The first kappa shape index (κ1) is 19.7. The molecule has 1 unspecified atom stereocenters. The summed E-state index contributed by atoms with van der Waals surface area (Å²) in [6.45, 7) is 4.21. The number of rotatable bonds is 8. The number of nitrogens with zero attached hydrogens (tertiary/aromatic N) is 4. The molecule has 0 radical (unpaired) electrons. The average molecular weight is 399 g/mol. The molecule has 8 nitrogen and oxygen atoms in total. The Balaban J connectivity index is 1.75. The Bertz CT molecular complexity index is 947. The predicted octanol–water partition coefficient (Wildman–Crippen LogP) is 3.19. The van der Waals surface area contributed by atoms with Gasteiger partial charge in [-0.2, -0.15) is 4.68 Å². The lowest BCUT2D eigenvalue weighted by atomic mass is 10.3. The zero-order chi connectivity index (χ0) is 19.9. The molecule has 9 heteroatoms. The van der Waals surface area contributed by atoms with Gasteiger partial charge in [-0.25, -0.2) is 0 Å². The van der Waals surface area contributed by atoms with Crippen molar-refractivity contribution >= 4 is 23.4 Å². The van der Waals surface area contributed by atoms with Crippen LogP contribution >= 0.6 is 11.8 Å². The Morgan fingerprint density at radius 1 is 1.18 bits per heavy atom. The first-order valence-corrected chi connectivity index (χ1v) is 9.63. The van der Waals surface area contributed by atoms with Crippen LogP contribution in [0.1, 0.15) is 13.8 Å². The maximum absolute atomic E-state index is 12.7. The Kier molecular flexibility index (Phi) is 6.49. The van der Waals surface area contributed by atoms with E-state index < -0.39 is 5.25 Å². The minimum atomic E-state index is -0.436. The molecular formula is C19H21N5O3S. The lowest BCUT2D eigenvalue weighted by Crippen LogP contribution is -2.23. The molecule has 0 fully saturated rings. The summed E-state index contributed by atoms with van der Waals surface area (Å²) >= 11 is 1.26. The van der Waals surface area contributed by atoms with Gasteiger partial charge in [-0.3, -0.25) is 4.79 Å². The Labute approximate surface area is 167 Å². The molecule has 3 rings (SSSR count). The number of aromatic nitrogens is 4. The van der Waals surface area contributed by atoms with Gasteiger partial charge in [0.15, 0.2) is 0 Å². The standard InChI is InChI=1S/C19H21N5O3S/c1-4-27-16-11-7-5-9-14(16)20-18(25)13(2)28-19-21-22-23-24(19)15-10-6-8-12-17(15)26-3/h5-13H,4H2,1-3H3,(H,20,25). The summed E-state index contributed by atoms with van der Waals surface area (Å²) < 4.78 is 12.5. The normalized spacial score (nSPS) is 11.7. The van der Waals surface area contributed by atoms with Crippen molar-refractivity contribution in [2.75, 3.05) is 19.0 Å². The van der Waals surface area contributed by atoms with E-state index in [0.29, 0.717) is 34.6 Å². The maximum Gasteiger partial charge on any atom is 0.237 e. The number of carbonyl (C=O) groups is 1. The maximum atomic E-state index is 12.7. The molecule has 3 aromatic rings.